The molecule has 0 bridgehead atoms. The second kappa shape index (κ2) is 7.86. The molecule has 26 heavy (non-hydrogen) atoms. The Labute approximate surface area is 157 Å². The van der Waals surface area contributed by atoms with E-state index >= 15 is 0 Å². The topological polar surface area (TPSA) is 72.2 Å². The zero-order valence-corrected chi connectivity index (χ0v) is 16.2. The minimum atomic E-state index is -0.0303. The van der Waals surface area contributed by atoms with Crippen molar-refractivity contribution in [3.05, 3.63) is 53.3 Å². The van der Waals surface area contributed by atoms with Gasteiger partial charge in [0.25, 0.3) is 5.78 Å². The molecule has 136 valence electrons. The number of benzene rings is 1. The third-order valence-electron chi connectivity index (χ3n) is 4.07. The van der Waals surface area contributed by atoms with E-state index < -0.39 is 0 Å². The van der Waals surface area contributed by atoms with Crippen LogP contribution in [0.15, 0.2) is 41.6 Å². The molecule has 0 aliphatic carbocycles. The summed E-state index contributed by atoms with van der Waals surface area (Å²) in [4.78, 5) is 21.2. The lowest BCUT2D eigenvalue weighted by Gasteiger charge is -2.22. The smallest absolute Gasteiger partial charge is 0.253 e. The van der Waals surface area contributed by atoms with Gasteiger partial charge in [-0.15, -0.1) is 5.10 Å². The monoisotopic (exact) mass is 369 g/mol. The van der Waals surface area contributed by atoms with Crippen molar-refractivity contribution in [2.45, 2.75) is 38.9 Å². The Balaban J connectivity index is 1.66. The van der Waals surface area contributed by atoms with Crippen LogP contribution in [-0.4, -0.2) is 31.2 Å². The van der Waals surface area contributed by atoms with E-state index in [-0.39, 0.29) is 17.7 Å². The van der Waals surface area contributed by atoms with Crippen molar-refractivity contribution in [1.82, 2.24) is 24.9 Å². The number of aryl methyl sites for hydroxylation is 2. The average Bonchev–Trinajstić information content (AvgIpc) is 3.01. The molecule has 2 aromatic heterocycles. The van der Waals surface area contributed by atoms with Gasteiger partial charge in [0.1, 0.15) is 0 Å². The zero-order valence-electron chi connectivity index (χ0n) is 15.4. The predicted molar refractivity (Wildman–Crippen MR) is 103 cm³/mol. The number of aromatic nitrogens is 4. The Morgan fingerprint density at radius 2 is 1.92 bits per heavy atom. The third kappa shape index (κ3) is 4.22. The van der Waals surface area contributed by atoms with Crippen LogP contribution in [0.4, 0.5) is 0 Å². The van der Waals surface area contributed by atoms with Crippen molar-refractivity contribution in [2.75, 3.05) is 5.75 Å². The molecule has 1 aromatic carbocycles. The molecule has 0 spiro atoms. The molecule has 0 fully saturated rings. The Kier molecular flexibility index (Phi) is 5.56. The lowest BCUT2D eigenvalue weighted by molar-refractivity contribution is -0.119. The van der Waals surface area contributed by atoms with E-state index in [2.05, 4.69) is 34.2 Å². The summed E-state index contributed by atoms with van der Waals surface area (Å²) in [5.74, 6) is 1.10. The summed E-state index contributed by atoms with van der Waals surface area (Å²) in [5.41, 5.74) is 2.99. The summed E-state index contributed by atoms with van der Waals surface area (Å²) < 4.78 is 1.70. The second-order valence-electron chi connectivity index (χ2n) is 6.63. The molecule has 0 saturated carbocycles. The molecule has 0 radical (unpaired) electrons. The number of nitrogens with zero attached hydrogens (tertiary/aromatic N) is 4. The average molecular weight is 369 g/mol. The molecule has 6 nitrogen and oxygen atoms in total. The van der Waals surface area contributed by atoms with Crippen molar-refractivity contribution in [3.63, 3.8) is 0 Å². The molecule has 1 amide bonds. The van der Waals surface area contributed by atoms with Crippen LogP contribution in [0.1, 0.15) is 36.8 Å². The van der Waals surface area contributed by atoms with E-state index in [0.717, 1.165) is 17.0 Å². The lowest BCUT2D eigenvalue weighted by atomic mass is 9.96. The van der Waals surface area contributed by atoms with Crippen LogP contribution in [0.3, 0.4) is 0 Å². The highest BCUT2D eigenvalue weighted by molar-refractivity contribution is 7.99. The lowest BCUT2D eigenvalue weighted by Crippen LogP contribution is -2.33. The molecule has 1 N–H and O–H groups in total. The van der Waals surface area contributed by atoms with Crippen LogP contribution < -0.4 is 5.32 Å². The molecule has 3 rings (SSSR count). The predicted octanol–water partition coefficient (Wildman–Crippen LogP) is 3.35. The number of carbonyl (C=O) groups excluding carboxylic acids is 1. The van der Waals surface area contributed by atoms with Crippen molar-refractivity contribution >= 4 is 23.4 Å². The second-order valence-corrected chi connectivity index (χ2v) is 7.58. The van der Waals surface area contributed by atoms with Gasteiger partial charge in [0, 0.05) is 11.4 Å². The van der Waals surface area contributed by atoms with Gasteiger partial charge in [-0.3, -0.25) is 4.79 Å². The molecule has 0 aliphatic heterocycles. The minimum absolute atomic E-state index is 0.00936. The van der Waals surface area contributed by atoms with E-state index in [1.807, 2.05) is 50.2 Å². The maximum absolute atomic E-state index is 12.4. The van der Waals surface area contributed by atoms with E-state index in [0.29, 0.717) is 16.9 Å². The first-order chi connectivity index (χ1) is 12.4. The molecular formula is C19H23N5OS. The third-order valence-corrected chi connectivity index (χ3v) is 4.91. The first kappa shape index (κ1) is 18.4. The fourth-order valence-corrected chi connectivity index (χ4v) is 3.48. The van der Waals surface area contributed by atoms with Crippen LogP contribution in [0.25, 0.3) is 5.78 Å². The first-order valence-electron chi connectivity index (χ1n) is 8.62. The minimum Gasteiger partial charge on any atom is -0.348 e. The van der Waals surface area contributed by atoms with Gasteiger partial charge in [0.15, 0.2) is 0 Å². The van der Waals surface area contributed by atoms with Crippen LogP contribution in [0.5, 0.6) is 0 Å². The summed E-state index contributed by atoms with van der Waals surface area (Å²) in [5, 5.41) is 8.10. The summed E-state index contributed by atoms with van der Waals surface area (Å²) in [7, 11) is 0. The van der Waals surface area contributed by atoms with Crippen LogP contribution in [-0.2, 0) is 4.79 Å². The highest BCUT2D eigenvalue weighted by atomic mass is 32.2. The molecule has 7 heteroatoms. The standard InChI is InChI=1S/C19H23N5OS/c1-12(2)17(15-8-6-5-7-9-15)21-16(25)11-26-19-22-18-20-13(3)10-14(4)24(18)23-19/h5-10,12,17H,11H2,1-4H3,(H,21,25). The van der Waals surface area contributed by atoms with Crippen molar-refractivity contribution < 1.29 is 4.79 Å². The SMILES string of the molecule is Cc1cc(C)n2nc(SCC(=O)NC(c3ccccc3)C(C)C)nc2n1. The number of thioether (sulfide) groups is 1. The molecular weight excluding hydrogens is 346 g/mol. The van der Waals surface area contributed by atoms with Gasteiger partial charge in [-0.25, -0.2) is 9.50 Å². The number of hydrogen-bond donors (Lipinski definition) is 1. The van der Waals surface area contributed by atoms with Gasteiger partial charge in [-0.2, -0.15) is 4.98 Å². The Morgan fingerprint density at radius 3 is 2.62 bits per heavy atom. The maximum atomic E-state index is 12.4. The maximum Gasteiger partial charge on any atom is 0.253 e. The number of fused-ring (bicyclic) bond motifs is 1. The first-order valence-corrected chi connectivity index (χ1v) is 9.60. The summed E-state index contributed by atoms with van der Waals surface area (Å²) in [6.45, 7) is 8.10. The summed E-state index contributed by atoms with van der Waals surface area (Å²) in [6, 6.07) is 12.0. The van der Waals surface area contributed by atoms with Crippen molar-refractivity contribution in [1.29, 1.82) is 0 Å². The number of amides is 1. The van der Waals surface area contributed by atoms with Gasteiger partial charge >= 0.3 is 0 Å². The van der Waals surface area contributed by atoms with Gasteiger partial charge in [0.05, 0.1) is 11.8 Å². The number of hydrogen-bond acceptors (Lipinski definition) is 5. The fourth-order valence-electron chi connectivity index (χ4n) is 2.85. The largest absolute Gasteiger partial charge is 0.348 e. The fraction of sp³-hybridized carbons (Fsp3) is 0.368. The van der Waals surface area contributed by atoms with Gasteiger partial charge in [-0.1, -0.05) is 55.9 Å². The van der Waals surface area contributed by atoms with Crippen LogP contribution in [0.2, 0.25) is 0 Å². The molecule has 2 heterocycles. The van der Waals surface area contributed by atoms with Gasteiger partial charge in [0.2, 0.25) is 11.1 Å². The van der Waals surface area contributed by atoms with Crippen molar-refractivity contribution in [3.8, 4) is 0 Å². The quantitative estimate of drug-likeness (QED) is 0.675. The van der Waals surface area contributed by atoms with Crippen LogP contribution >= 0.6 is 11.8 Å². The molecule has 0 saturated heterocycles. The summed E-state index contributed by atoms with van der Waals surface area (Å²) >= 11 is 1.32. The molecule has 1 unspecified atom stereocenters. The number of rotatable bonds is 6. The van der Waals surface area contributed by atoms with Gasteiger partial charge in [-0.05, 0) is 31.4 Å². The Morgan fingerprint density at radius 1 is 1.19 bits per heavy atom. The highest BCUT2D eigenvalue weighted by Gasteiger charge is 2.18. The van der Waals surface area contributed by atoms with Crippen LogP contribution in [0, 0.1) is 19.8 Å². The summed E-state index contributed by atoms with van der Waals surface area (Å²) in [6.07, 6.45) is 0. The van der Waals surface area contributed by atoms with E-state index in [1.165, 1.54) is 11.8 Å². The molecule has 3 aromatic rings. The zero-order chi connectivity index (χ0) is 18.7. The van der Waals surface area contributed by atoms with Gasteiger partial charge < -0.3 is 5.32 Å². The molecule has 1 atom stereocenters. The van der Waals surface area contributed by atoms with Crippen molar-refractivity contribution in [2.24, 2.45) is 5.92 Å². The normalized spacial score (nSPS) is 12.5. The van der Waals surface area contributed by atoms with E-state index in [9.17, 15) is 4.79 Å². The van der Waals surface area contributed by atoms with E-state index in [4.69, 9.17) is 0 Å². The Hall–Kier alpha value is -2.41. The highest BCUT2D eigenvalue weighted by Crippen LogP contribution is 2.22. The number of carbonyl (C=O) groups is 1. The Bertz CT molecular complexity index is 907. The number of nitrogens with one attached hydrogen (secondary N) is 1. The van der Waals surface area contributed by atoms with E-state index in [1.54, 1.807) is 4.52 Å². The molecule has 0 aliphatic rings.